The highest BCUT2D eigenvalue weighted by Crippen LogP contribution is 2.36. The average molecular weight is 485 g/mol. The third-order valence-electron chi connectivity index (χ3n) is 5.29. The van der Waals surface area contributed by atoms with Crippen LogP contribution in [0, 0.1) is 5.41 Å². The van der Waals surface area contributed by atoms with Gasteiger partial charge >= 0.3 is 5.97 Å². The van der Waals surface area contributed by atoms with Crippen LogP contribution in [-0.2, 0) is 32.1 Å². The molecule has 0 aliphatic heterocycles. The van der Waals surface area contributed by atoms with E-state index in [1.165, 1.54) is 14.0 Å². The SMILES string of the molecule is CCOC(=O)Cc1ccc(OC)c(Oc2ccc(NC(=O)C(C)(C)C)cc2CN(CC)C(C)=O)c1. The first-order valence-corrected chi connectivity index (χ1v) is 11.7. The van der Waals surface area contributed by atoms with E-state index < -0.39 is 5.41 Å². The maximum atomic E-state index is 12.5. The standard InChI is InChI=1S/C27H36N2O6/c1-8-29(18(3)30)17-20-16-21(28-26(32)27(4,5)6)11-13-22(20)35-24-14-19(10-12-23(24)33-7)15-25(31)34-9-2/h10-14,16H,8-9,15,17H2,1-7H3,(H,28,32). The first kappa shape index (κ1) is 27.7. The number of rotatable bonds is 10. The van der Waals surface area contributed by atoms with Crippen LogP contribution < -0.4 is 14.8 Å². The van der Waals surface area contributed by atoms with Crippen LogP contribution in [0.15, 0.2) is 36.4 Å². The molecule has 2 amide bonds. The van der Waals surface area contributed by atoms with E-state index in [4.69, 9.17) is 14.2 Å². The summed E-state index contributed by atoms with van der Waals surface area (Å²) in [6, 6.07) is 10.6. The highest BCUT2D eigenvalue weighted by atomic mass is 16.5. The van der Waals surface area contributed by atoms with Crippen LogP contribution in [0.4, 0.5) is 5.69 Å². The quantitative estimate of drug-likeness (QED) is 0.480. The first-order valence-electron chi connectivity index (χ1n) is 11.7. The van der Waals surface area contributed by atoms with E-state index in [2.05, 4.69) is 5.32 Å². The Morgan fingerprint density at radius 1 is 0.971 bits per heavy atom. The number of anilines is 1. The minimum absolute atomic E-state index is 0.0726. The molecule has 0 aliphatic carbocycles. The number of hydrogen-bond donors (Lipinski definition) is 1. The third kappa shape index (κ3) is 8.02. The monoisotopic (exact) mass is 484 g/mol. The lowest BCUT2D eigenvalue weighted by Crippen LogP contribution is -2.29. The van der Waals surface area contributed by atoms with Gasteiger partial charge in [-0.15, -0.1) is 0 Å². The predicted molar refractivity (Wildman–Crippen MR) is 135 cm³/mol. The van der Waals surface area contributed by atoms with Crippen LogP contribution in [0.2, 0.25) is 0 Å². The number of carbonyl (C=O) groups is 3. The predicted octanol–water partition coefficient (Wildman–Crippen LogP) is 4.95. The molecule has 0 saturated carbocycles. The molecule has 8 nitrogen and oxygen atoms in total. The van der Waals surface area contributed by atoms with Gasteiger partial charge in [-0.25, -0.2) is 0 Å². The number of benzene rings is 2. The molecule has 2 aromatic carbocycles. The highest BCUT2D eigenvalue weighted by molar-refractivity contribution is 5.94. The topological polar surface area (TPSA) is 94.2 Å². The van der Waals surface area contributed by atoms with Gasteiger partial charge in [0.05, 0.1) is 20.1 Å². The summed E-state index contributed by atoms with van der Waals surface area (Å²) in [7, 11) is 1.54. The smallest absolute Gasteiger partial charge is 0.310 e. The molecule has 0 atom stereocenters. The fourth-order valence-electron chi connectivity index (χ4n) is 3.26. The molecule has 0 radical (unpaired) electrons. The maximum Gasteiger partial charge on any atom is 0.310 e. The fraction of sp³-hybridized carbons (Fsp3) is 0.444. The van der Waals surface area contributed by atoms with Crippen LogP contribution in [0.5, 0.6) is 17.2 Å². The van der Waals surface area contributed by atoms with E-state index in [-0.39, 0.29) is 24.2 Å². The van der Waals surface area contributed by atoms with E-state index in [0.717, 1.165) is 0 Å². The second-order valence-corrected chi connectivity index (χ2v) is 9.13. The van der Waals surface area contributed by atoms with Crippen LogP contribution in [0.25, 0.3) is 0 Å². The van der Waals surface area contributed by atoms with Crippen LogP contribution in [0.3, 0.4) is 0 Å². The average Bonchev–Trinajstić information content (AvgIpc) is 2.78. The Kier molecular flexibility index (Phi) is 9.68. The lowest BCUT2D eigenvalue weighted by molar-refractivity contribution is -0.142. The molecule has 2 aromatic rings. The number of ether oxygens (including phenoxy) is 3. The lowest BCUT2D eigenvalue weighted by Gasteiger charge is -2.23. The van der Waals surface area contributed by atoms with Crippen LogP contribution in [0.1, 0.15) is 52.7 Å². The Morgan fingerprint density at radius 3 is 2.23 bits per heavy atom. The molecule has 8 heteroatoms. The summed E-state index contributed by atoms with van der Waals surface area (Å²) in [4.78, 5) is 38.2. The highest BCUT2D eigenvalue weighted by Gasteiger charge is 2.22. The van der Waals surface area contributed by atoms with Crippen molar-refractivity contribution in [2.24, 2.45) is 5.41 Å². The second kappa shape index (κ2) is 12.2. The molecule has 0 saturated heterocycles. The van der Waals surface area contributed by atoms with Gasteiger partial charge in [0.15, 0.2) is 11.5 Å². The zero-order valence-electron chi connectivity index (χ0n) is 21.7. The van der Waals surface area contributed by atoms with E-state index in [0.29, 0.717) is 53.8 Å². The second-order valence-electron chi connectivity index (χ2n) is 9.13. The third-order valence-corrected chi connectivity index (χ3v) is 5.29. The van der Waals surface area contributed by atoms with Crippen molar-refractivity contribution in [1.29, 1.82) is 0 Å². The van der Waals surface area contributed by atoms with Crippen molar-refractivity contribution in [1.82, 2.24) is 4.90 Å². The molecule has 0 fully saturated rings. The number of methoxy groups -OCH3 is 1. The zero-order valence-corrected chi connectivity index (χ0v) is 21.7. The Hall–Kier alpha value is -3.55. The molecular weight excluding hydrogens is 448 g/mol. The van der Waals surface area contributed by atoms with Crippen LogP contribution >= 0.6 is 0 Å². The number of carbonyl (C=O) groups excluding carboxylic acids is 3. The number of nitrogens with zero attached hydrogens (tertiary/aromatic N) is 1. The molecule has 0 bridgehead atoms. The van der Waals surface area contributed by atoms with E-state index in [1.54, 1.807) is 48.2 Å². The van der Waals surface area contributed by atoms with Crippen molar-refractivity contribution < 1.29 is 28.6 Å². The van der Waals surface area contributed by atoms with Gasteiger partial charge in [-0.2, -0.15) is 0 Å². The minimum atomic E-state index is -0.559. The summed E-state index contributed by atoms with van der Waals surface area (Å²) in [6.07, 6.45) is 0.104. The Labute approximate surface area is 207 Å². The van der Waals surface area contributed by atoms with Gasteiger partial charge in [0.2, 0.25) is 11.8 Å². The fourth-order valence-corrected chi connectivity index (χ4v) is 3.26. The Balaban J connectivity index is 2.44. The lowest BCUT2D eigenvalue weighted by atomic mass is 9.95. The zero-order chi connectivity index (χ0) is 26.2. The largest absolute Gasteiger partial charge is 0.493 e. The minimum Gasteiger partial charge on any atom is -0.493 e. The van der Waals surface area contributed by atoms with Gasteiger partial charge in [0, 0.05) is 36.7 Å². The van der Waals surface area contributed by atoms with Gasteiger partial charge in [-0.1, -0.05) is 26.8 Å². The van der Waals surface area contributed by atoms with Crippen molar-refractivity contribution in [3.63, 3.8) is 0 Å². The van der Waals surface area contributed by atoms with Crippen LogP contribution in [-0.4, -0.2) is 42.9 Å². The molecular formula is C27H36N2O6. The molecule has 0 spiro atoms. The van der Waals surface area contributed by atoms with Gasteiger partial charge in [0.25, 0.3) is 0 Å². The molecule has 0 heterocycles. The first-order chi connectivity index (χ1) is 16.5. The Bertz CT molecular complexity index is 1060. The summed E-state index contributed by atoms with van der Waals surface area (Å²) in [5, 5.41) is 2.93. The van der Waals surface area contributed by atoms with Gasteiger partial charge in [-0.3, -0.25) is 14.4 Å². The number of amides is 2. The molecule has 2 rings (SSSR count). The molecule has 0 aromatic heterocycles. The normalized spacial score (nSPS) is 10.9. The summed E-state index contributed by atoms with van der Waals surface area (Å²) >= 11 is 0. The molecule has 1 N–H and O–H groups in total. The summed E-state index contributed by atoms with van der Waals surface area (Å²) in [5.41, 5.74) is 1.48. The van der Waals surface area contributed by atoms with Crippen molar-refractivity contribution in [3.8, 4) is 17.2 Å². The molecule has 190 valence electrons. The van der Waals surface area contributed by atoms with E-state index >= 15 is 0 Å². The molecule has 0 unspecified atom stereocenters. The molecule has 35 heavy (non-hydrogen) atoms. The molecule has 0 aliphatic rings. The Morgan fingerprint density at radius 2 is 1.66 bits per heavy atom. The van der Waals surface area contributed by atoms with Gasteiger partial charge < -0.3 is 24.4 Å². The van der Waals surface area contributed by atoms with Crippen molar-refractivity contribution >= 4 is 23.5 Å². The maximum absolute atomic E-state index is 12.5. The van der Waals surface area contributed by atoms with Gasteiger partial charge in [-0.05, 0) is 49.7 Å². The van der Waals surface area contributed by atoms with Crippen molar-refractivity contribution in [2.75, 3.05) is 25.6 Å². The van der Waals surface area contributed by atoms with Crippen molar-refractivity contribution in [3.05, 3.63) is 47.5 Å². The van der Waals surface area contributed by atoms with E-state index in [9.17, 15) is 14.4 Å². The van der Waals surface area contributed by atoms with E-state index in [1.807, 2.05) is 27.7 Å². The summed E-state index contributed by atoms with van der Waals surface area (Å²) < 4.78 is 16.7. The number of esters is 1. The van der Waals surface area contributed by atoms with Crippen molar-refractivity contribution in [2.45, 2.75) is 54.5 Å². The number of hydrogen-bond acceptors (Lipinski definition) is 6. The number of nitrogens with one attached hydrogen (secondary N) is 1. The summed E-state index contributed by atoms with van der Waals surface area (Å²) in [6.45, 7) is 11.8. The van der Waals surface area contributed by atoms with Gasteiger partial charge in [0.1, 0.15) is 5.75 Å². The summed E-state index contributed by atoms with van der Waals surface area (Å²) in [5.74, 6) is 0.898.